The minimum atomic E-state index is -2.22. The van der Waals surface area contributed by atoms with E-state index in [-0.39, 0.29) is 41.1 Å². The van der Waals surface area contributed by atoms with Crippen LogP contribution in [0.4, 0.5) is 0 Å². The van der Waals surface area contributed by atoms with Gasteiger partial charge in [0.25, 0.3) is 5.91 Å². The molecule has 0 bridgehead atoms. The number of aromatic nitrogens is 1. The number of pyridine rings is 1. The standard InChI is InChI=1S/C46H60N4O8S2Si/c1-45(2,3)61(6,7)58-38(35-20-22-37(51)43-36(35)21-23-41(52)48-43)29-47-28-31-12-16-33(17-13-31)56-30-42(53)50(5)25-24-49(4)32-14-18-34(19-15-32)57-46(44(54)55,39-10-8-26-59-39)40-11-9-27-60-40/h8-13,16-17,20-23,26-27,32,34,38,47,51H,14-15,18-19,24-25,28-30H2,1-7H3,(H,48,52)(H,54,55)/t32?,34?,38-/m0/s1. The quantitative estimate of drug-likeness (QED) is 0.0596. The van der Waals surface area contributed by atoms with Crippen molar-refractivity contribution in [3.63, 3.8) is 0 Å². The fourth-order valence-corrected chi connectivity index (χ4v) is 10.6. The number of phenolic OH excluding ortho intramolecular Hbond substituents is 1. The monoisotopic (exact) mass is 888 g/mol. The number of nitrogens with zero attached hydrogens (tertiary/aromatic N) is 2. The van der Waals surface area contributed by atoms with Crippen LogP contribution in [0.1, 0.15) is 73.4 Å². The van der Waals surface area contributed by atoms with Gasteiger partial charge in [-0.1, -0.05) is 51.1 Å². The molecule has 15 heteroatoms. The van der Waals surface area contributed by atoms with Crippen molar-refractivity contribution < 1.29 is 33.7 Å². The molecule has 1 saturated carbocycles. The largest absolute Gasteiger partial charge is 0.506 e. The van der Waals surface area contributed by atoms with E-state index < -0.39 is 19.9 Å². The van der Waals surface area contributed by atoms with Crippen LogP contribution in [0.3, 0.4) is 0 Å². The van der Waals surface area contributed by atoms with E-state index in [2.05, 4.69) is 56.1 Å². The zero-order chi connectivity index (χ0) is 44.0. The van der Waals surface area contributed by atoms with Crippen LogP contribution in [0.5, 0.6) is 11.5 Å². The molecular weight excluding hydrogens is 829 g/mol. The van der Waals surface area contributed by atoms with E-state index in [1.54, 1.807) is 24.1 Å². The molecule has 0 spiro atoms. The molecule has 3 heterocycles. The molecule has 0 unspecified atom stereocenters. The summed E-state index contributed by atoms with van der Waals surface area (Å²) in [6.45, 7) is 13.3. The maximum atomic E-state index is 13.1. The van der Waals surface area contributed by atoms with Crippen molar-refractivity contribution in [2.24, 2.45) is 0 Å². The molecule has 5 aromatic rings. The summed E-state index contributed by atoms with van der Waals surface area (Å²) in [5.74, 6) is -0.476. The molecule has 2 aromatic carbocycles. The number of aliphatic carboxylic acids is 1. The smallest absolute Gasteiger partial charge is 0.347 e. The second-order valence-corrected chi connectivity index (χ2v) is 24.2. The number of carboxylic acids is 1. The highest BCUT2D eigenvalue weighted by atomic mass is 32.1. The number of carbonyl (C=O) groups excluding carboxylic acids is 1. The summed E-state index contributed by atoms with van der Waals surface area (Å²) in [5, 5.41) is 29.1. The Balaban J connectivity index is 0.955. The predicted molar refractivity (Wildman–Crippen MR) is 245 cm³/mol. The predicted octanol–water partition coefficient (Wildman–Crippen LogP) is 8.33. The van der Waals surface area contributed by atoms with Crippen molar-refractivity contribution in [1.29, 1.82) is 0 Å². The molecule has 328 valence electrons. The SMILES string of the molecule is CN(CCN(C)C1CCC(OC(C(=O)O)(c2cccs2)c2cccs2)CC1)C(=O)COc1ccc(CNC[C@H](O[Si](C)(C)C(C)(C)C)c2ccc(O)c3[nH]c(=O)ccc23)cc1. The molecule has 1 amide bonds. The van der Waals surface area contributed by atoms with Crippen LogP contribution in [-0.2, 0) is 30.9 Å². The molecule has 1 aliphatic rings. The lowest BCUT2D eigenvalue weighted by Gasteiger charge is -2.39. The Kier molecular flexibility index (Phi) is 15.0. The number of carboxylic acid groups (broad SMARTS) is 1. The minimum Gasteiger partial charge on any atom is -0.506 e. The van der Waals surface area contributed by atoms with Crippen LogP contribution in [0.25, 0.3) is 10.9 Å². The average molecular weight is 889 g/mol. The molecule has 12 nitrogen and oxygen atoms in total. The number of likely N-dealkylation sites (N-methyl/N-ethyl adjacent to an activating group) is 2. The Hall–Kier alpha value is -4.35. The lowest BCUT2D eigenvalue weighted by molar-refractivity contribution is -0.170. The zero-order valence-corrected chi connectivity index (χ0v) is 38.9. The number of benzene rings is 2. The second kappa shape index (κ2) is 19.8. The molecule has 0 saturated heterocycles. The number of fused-ring (bicyclic) bond motifs is 1. The van der Waals surface area contributed by atoms with Gasteiger partial charge >= 0.3 is 5.97 Å². The van der Waals surface area contributed by atoms with Gasteiger partial charge in [0.2, 0.25) is 11.2 Å². The Morgan fingerprint density at radius 3 is 2.16 bits per heavy atom. The van der Waals surface area contributed by atoms with Crippen LogP contribution in [-0.4, -0.2) is 97.7 Å². The molecule has 0 aliphatic heterocycles. The third-order valence-corrected chi connectivity index (χ3v) is 18.7. The molecule has 3 aromatic heterocycles. The van der Waals surface area contributed by atoms with Gasteiger partial charge in [-0.15, -0.1) is 22.7 Å². The molecule has 61 heavy (non-hydrogen) atoms. The number of amides is 1. The highest BCUT2D eigenvalue weighted by Crippen LogP contribution is 2.43. The Morgan fingerprint density at radius 2 is 1.57 bits per heavy atom. The zero-order valence-electron chi connectivity index (χ0n) is 36.2. The maximum absolute atomic E-state index is 13.1. The normalized spacial score (nSPS) is 16.8. The first-order chi connectivity index (χ1) is 29.0. The number of aromatic amines is 1. The molecule has 1 aliphatic carbocycles. The third kappa shape index (κ3) is 11.0. The third-order valence-electron chi connectivity index (χ3n) is 12.3. The van der Waals surface area contributed by atoms with E-state index in [1.807, 2.05) is 65.4 Å². The number of aromatic hydroxyl groups is 1. The van der Waals surface area contributed by atoms with Gasteiger partial charge in [0.1, 0.15) is 11.5 Å². The Morgan fingerprint density at radius 1 is 0.918 bits per heavy atom. The number of hydrogen-bond donors (Lipinski definition) is 4. The van der Waals surface area contributed by atoms with Crippen LogP contribution in [0.2, 0.25) is 18.1 Å². The first-order valence-corrected chi connectivity index (χ1v) is 25.5. The maximum Gasteiger partial charge on any atom is 0.347 e. The second-order valence-electron chi connectivity index (χ2n) is 17.5. The highest BCUT2D eigenvalue weighted by Gasteiger charge is 2.48. The van der Waals surface area contributed by atoms with Gasteiger partial charge in [-0.2, -0.15) is 0 Å². The molecule has 1 atom stereocenters. The first-order valence-electron chi connectivity index (χ1n) is 20.9. The number of H-pyrrole nitrogens is 1. The van der Waals surface area contributed by atoms with Crippen LogP contribution < -0.4 is 15.6 Å². The van der Waals surface area contributed by atoms with Crippen molar-refractivity contribution in [3.05, 3.63) is 115 Å². The van der Waals surface area contributed by atoms with Gasteiger partial charge in [0.15, 0.2) is 14.9 Å². The van der Waals surface area contributed by atoms with Crippen molar-refractivity contribution in [2.45, 2.75) is 95.0 Å². The van der Waals surface area contributed by atoms with Gasteiger partial charge < -0.3 is 44.2 Å². The van der Waals surface area contributed by atoms with Crippen molar-refractivity contribution in [1.82, 2.24) is 20.1 Å². The number of rotatable bonds is 19. The minimum absolute atomic E-state index is 0.0170. The average Bonchev–Trinajstić information content (AvgIpc) is 3.98. The molecule has 0 radical (unpaired) electrons. The van der Waals surface area contributed by atoms with Gasteiger partial charge in [-0.25, -0.2) is 4.79 Å². The van der Waals surface area contributed by atoms with Gasteiger partial charge in [0.05, 0.1) is 27.5 Å². The van der Waals surface area contributed by atoms with Crippen LogP contribution in [0, 0.1) is 0 Å². The van der Waals surface area contributed by atoms with Crippen LogP contribution in [0.15, 0.2) is 88.4 Å². The van der Waals surface area contributed by atoms with E-state index in [1.165, 1.54) is 28.7 Å². The summed E-state index contributed by atoms with van der Waals surface area (Å²) < 4.78 is 19.4. The number of thiophene rings is 2. The lowest BCUT2D eigenvalue weighted by atomic mass is 9.90. The lowest BCUT2D eigenvalue weighted by Crippen LogP contribution is -2.45. The van der Waals surface area contributed by atoms with Crippen LogP contribution >= 0.6 is 22.7 Å². The fourth-order valence-electron chi connectivity index (χ4n) is 7.52. The van der Waals surface area contributed by atoms with Crippen molar-refractivity contribution in [3.8, 4) is 11.5 Å². The topological polar surface area (TPSA) is 154 Å². The van der Waals surface area contributed by atoms with Gasteiger partial charge in [0, 0.05) is 50.7 Å². The van der Waals surface area contributed by atoms with E-state index >= 15 is 0 Å². The molecule has 4 N–H and O–H groups in total. The number of ether oxygens (including phenoxy) is 2. The number of carbonyl (C=O) groups is 2. The summed E-state index contributed by atoms with van der Waals surface area (Å²) in [4.78, 5) is 46.1. The van der Waals surface area contributed by atoms with Gasteiger partial charge in [-0.3, -0.25) is 9.59 Å². The van der Waals surface area contributed by atoms with E-state index in [4.69, 9.17) is 13.9 Å². The summed E-state index contributed by atoms with van der Waals surface area (Å²) in [6, 6.07) is 22.1. The van der Waals surface area contributed by atoms with E-state index in [0.29, 0.717) is 53.2 Å². The summed E-state index contributed by atoms with van der Waals surface area (Å²) in [7, 11) is 1.66. The molecule has 6 rings (SSSR count). The summed E-state index contributed by atoms with van der Waals surface area (Å²) in [5.41, 5.74) is 0.549. The number of hydrogen-bond acceptors (Lipinski definition) is 11. The summed E-state index contributed by atoms with van der Waals surface area (Å²) in [6.07, 6.45) is 2.76. The number of nitrogens with one attached hydrogen (secondary N) is 2. The van der Waals surface area contributed by atoms with Crippen molar-refractivity contribution in [2.75, 3.05) is 40.3 Å². The van der Waals surface area contributed by atoms with Crippen molar-refractivity contribution >= 4 is 53.8 Å². The Bertz CT molecular complexity index is 2230. The Labute approximate surface area is 367 Å². The first kappa shape index (κ1) is 46.2. The van der Waals surface area contributed by atoms with E-state index in [9.17, 15) is 24.6 Å². The molecule has 1 fully saturated rings. The number of phenols is 1. The molecular formula is C46H60N4O8S2Si. The fraction of sp³-hybridized carbons (Fsp3) is 0.457. The van der Waals surface area contributed by atoms with Gasteiger partial charge in [-0.05, 0) is 109 Å². The van der Waals surface area contributed by atoms with E-state index in [0.717, 1.165) is 42.2 Å². The highest BCUT2D eigenvalue weighted by molar-refractivity contribution is 7.12. The summed E-state index contributed by atoms with van der Waals surface area (Å²) >= 11 is 2.81.